The maximum atomic E-state index is 12.6. The number of amides is 1. The van der Waals surface area contributed by atoms with E-state index < -0.39 is 0 Å². The predicted molar refractivity (Wildman–Crippen MR) is 115 cm³/mol. The highest BCUT2D eigenvalue weighted by Gasteiger charge is 2.31. The van der Waals surface area contributed by atoms with Crippen LogP contribution in [0.4, 0.5) is 16.6 Å². The van der Waals surface area contributed by atoms with Gasteiger partial charge in [-0.3, -0.25) is 0 Å². The van der Waals surface area contributed by atoms with Crippen molar-refractivity contribution in [3.8, 4) is 0 Å². The van der Waals surface area contributed by atoms with E-state index in [1.165, 1.54) is 0 Å². The molecule has 0 aliphatic carbocycles. The molecular formula is C21H28ClN5O2. The lowest BCUT2D eigenvalue weighted by Crippen LogP contribution is -2.38. The smallest absolute Gasteiger partial charge is 0.409 e. The molecular weight excluding hydrogens is 390 g/mol. The second-order valence-electron chi connectivity index (χ2n) is 7.22. The number of benzene rings is 1. The normalized spacial score (nSPS) is 17.1. The van der Waals surface area contributed by atoms with Crippen molar-refractivity contribution >= 4 is 29.5 Å². The second kappa shape index (κ2) is 9.78. The zero-order valence-corrected chi connectivity index (χ0v) is 17.7. The Morgan fingerprint density at radius 1 is 1.31 bits per heavy atom. The summed E-state index contributed by atoms with van der Waals surface area (Å²) >= 11 is 6.54. The van der Waals surface area contributed by atoms with E-state index >= 15 is 0 Å². The van der Waals surface area contributed by atoms with Crippen LogP contribution >= 0.6 is 11.6 Å². The van der Waals surface area contributed by atoms with E-state index in [1.807, 2.05) is 37.3 Å². The number of rotatable bonds is 5. The van der Waals surface area contributed by atoms with Crippen LogP contribution in [0.3, 0.4) is 0 Å². The molecule has 1 fully saturated rings. The van der Waals surface area contributed by atoms with Crippen LogP contribution in [-0.4, -0.2) is 47.2 Å². The molecule has 1 aliphatic heterocycles. The molecule has 1 aliphatic rings. The fraction of sp³-hybridized carbons (Fsp3) is 0.476. The average molecular weight is 418 g/mol. The average Bonchev–Trinajstić information content (AvgIpc) is 2.91. The Balaban J connectivity index is 1.93. The molecule has 3 rings (SSSR count). The number of anilines is 2. The van der Waals surface area contributed by atoms with Gasteiger partial charge in [0, 0.05) is 36.4 Å². The molecule has 1 atom stereocenters. The molecule has 8 heteroatoms. The summed E-state index contributed by atoms with van der Waals surface area (Å²) in [6.07, 6.45) is 2.35. The third-order valence-corrected chi connectivity index (χ3v) is 5.34. The highest BCUT2D eigenvalue weighted by atomic mass is 35.5. The van der Waals surface area contributed by atoms with Gasteiger partial charge in [0.15, 0.2) is 0 Å². The van der Waals surface area contributed by atoms with Crippen molar-refractivity contribution in [3.63, 3.8) is 0 Å². The van der Waals surface area contributed by atoms with Crippen LogP contribution in [0, 0.1) is 6.92 Å². The van der Waals surface area contributed by atoms with Gasteiger partial charge >= 0.3 is 6.09 Å². The van der Waals surface area contributed by atoms with Crippen LogP contribution in [0.25, 0.3) is 0 Å². The molecule has 1 aromatic heterocycles. The quantitative estimate of drug-likeness (QED) is 0.733. The van der Waals surface area contributed by atoms with Crippen LogP contribution in [0.2, 0.25) is 5.02 Å². The molecule has 1 saturated heterocycles. The van der Waals surface area contributed by atoms with Gasteiger partial charge in [0.25, 0.3) is 0 Å². The Bertz CT molecular complexity index is 827. The first kappa shape index (κ1) is 21.2. The molecule has 0 saturated carbocycles. The number of nitrogens with zero attached hydrogens (tertiary/aromatic N) is 4. The molecule has 1 amide bonds. The summed E-state index contributed by atoms with van der Waals surface area (Å²) in [5.41, 5.74) is 7.64. The first-order valence-corrected chi connectivity index (χ1v) is 10.4. The van der Waals surface area contributed by atoms with Gasteiger partial charge in [-0.1, -0.05) is 43.1 Å². The number of hydrogen-bond donors (Lipinski definition) is 1. The number of aromatic nitrogens is 2. The molecule has 1 unspecified atom stereocenters. The summed E-state index contributed by atoms with van der Waals surface area (Å²) in [5.74, 6) is 0.971. The van der Waals surface area contributed by atoms with Gasteiger partial charge in [0.1, 0.15) is 5.82 Å². The van der Waals surface area contributed by atoms with Crippen LogP contribution in [0.15, 0.2) is 30.3 Å². The molecule has 2 aromatic rings. The van der Waals surface area contributed by atoms with Crippen molar-refractivity contribution in [1.29, 1.82) is 0 Å². The zero-order chi connectivity index (χ0) is 20.8. The first-order chi connectivity index (χ1) is 14.0. The Kier molecular flexibility index (Phi) is 7.14. The number of halogens is 1. The fourth-order valence-corrected chi connectivity index (χ4v) is 3.82. The van der Waals surface area contributed by atoms with E-state index in [-0.39, 0.29) is 18.1 Å². The molecule has 156 valence electrons. The minimum atomic E-state index is -0.282. The second-order valence-corrected chi connectivity index (χ2v) is 7.63. The van der Waals surface area contributed by atoms with Gasteiger partial charge in [0.05, 0.1) is 12.6 Å². The van der Waals surface area contributed by atoms with Crippen molar-refractivity contribution in [2.75, 3.05) is 36.9 Å². The number of nitrogens with two attached hydrogens (primary N) is 1. The van der Waals surface area contributed by atoms with Gasteiger partial charge in [-0.05, 0) is 31.4 Å². The lowest BCUT2D eigenvalue weighted by Gasteiger charge is -2.33. The molecule has 0 spiro atoms. The molecule has 2 heterocycles. The summed E-state index contributed by atoms with van der Waals surface area (Å²) in [4.78, 5) is 25.2. The third kappa shape index (κ3) is 5.29. The summed E-state index contributed by atoms with van der Waals surface area (Å²) < 4.78 is 5.46. The Labute approximate surface area is 176 Å². The molecule has 2 N–H and O–H groups in total. The lowest BCUT2D eigenvalue weighted by molar-refractivity contribution is 0.101. The molecule has 0 radical (unpaired) electrons. The maximum Gasteiger partial charge on any atom is 0.409 e. The number of hydrogen-bond acceptors (Lipinski definition) is 6. The van der Waals surface area contributed by atoms with E-state index in [0.717, 1.165) is 36.3 Å². The van der Waals surface area contributed by atoms with Gasteiger partial charge in [0.2, 0.25) is 5.95 Å². The number of unbranched alkanes of at least 4 members (excludes halogenated alkanes) is 1. The number of carbonyl (C=O) groups excluding carboxylic acids is 1. The summed E-state index contributed by atoms with van der Waals surface area (Å²) in [7, 11) is 0. The highest BCUT2D eigenvalue weighted by Crippen LogP contribution is 2.33. The van der Waals surface area contributed by atoms with Gasteiger partial charge in [-0.15, -0.1) is 0 Å². The standard InChI is InChI=1S/C21H28ClN5O2/c1-3-4-12-29-21(28)26-10-7-11-27(19-13-15(2)24-20(23)25-19)18(14-26)16-8-5-6-9-17(16)22/h5-6,8-9,13,18H,3-4,7,10-12,14H2,1-2H3,(H2,23,24,25). The number of aryl methyl sites for hydroxylation is 1. The van der Waals surface area contributed by atoms with Crippen molar-refractivity contribution in [3.05, 3.63) is 46.6 Å². The van der Waals surface area contributed by atoms with Crippen molar-refractivity contribution in [1.82, 2.24) is 14.9 Å². The Morgan fingerprint density at radius 3 is 2.83 bits per heavy atom. The molecule has 0 bridgehead atoms. The van der Waals surface area contributed by atoms with Crippen LogP contribution in [0.5, 0.6) is 0 Å². The number of carbonyl (C=O) groups is 1. The maximum absolute atomic E-state index is 12.6. The summed E-state index contributed by atoms with van der Waals surface area (Å²) in [6, 6.07) is 9.45. The number of nitrogen functional groups attached to an aromatic ring is 1. The van der Waals surface area contributed by atoms with Crippen molar-refractivity contribution in [2.24, 2.45) is 0 Å². The van der Waals surface area contributed by atoms with Crippen molar-refractivity contribution < 1.29 is 9.53 Å². The number of ether oxygens (including phenoxy) is 1. The van der Waals surface area contributed by atoms with Gasteiger partial charge in [-0.25, -0.2) is 9.78 Å². The lowest BCUT2D eigenvalue weighted by atomic mass is 10.0. The van der Waals surface area contributed by atoms with E-state index in [1.54, 1.807) is 4.90 Å². The summed E-state index contributed by atoms with van der Waals surface area (Å²) in [6.45, 7) is 6.18. The Morgan fingerprint density at radius 2 is 2.10 bits per heavy atom. The van der Waals surface area contributed by atoms with Gasteiger partial charge < -0.3 is 20.3 Å². The third-order valence-electron chi connectivity index (χ3n) is 4.99. The van der Waals surface area contributed by atoms with E-state index in [4.69, 9.17) is 22.1 Å². The minimum Gasteiger partial charge on any atom is -0.449 e. The van der Waals surface area contributed by atoms with Crippen molar-refractivity contribution in [2.45, 2.75) is 39.2 Å². The van der Waals surface area contributed by atoms with E-state index in [0.29, 0.717) is 31.3 Å². The fourth-order valence-electron chi connectivity index (χ4n) is 3.55. The predicted octanol–water partition coefficient (Wildman–Crippen LogP) is 4.21. The van der Waals surface area contributed by atoms with E-state index in [2.05, 4.69) is 21.8 Å². The molecule has 1 aromatic carbocycles. The molecule has 29 heavy (non-hydrogen) atoms. The monoisotopic (exact) mass is 417 g/mol. The zero-order valence-electron chi connectivity index (χ0n) is 17.0. The molecule has 7 nitrogen and oxygen atoms in total. The summed E-state index contributed by atoms with van der Waals surface area (Å²) in [5, 5.41) is 0.655. The minimum absolute atomic E-state index is 0.168. The SMILES string of the molecule is CCCCOC(=O)N1CCCN(c2cc(C)nc(N)n2)C(c2ccccc2Cl)C1. The van der Waals surface area contributed by atoms with Crippen LogP contribution in [-0.2, 0) is 4.74 Å². The van der Waals surface area contributed by atoms with Crippen LogP contribution in [0.1, 0.15) is 43.5 Å². The largest absolute Gasteiger partial charge is 0.449 e. The van der Waals surface area contributed by atoms with E-state index in [9.17, 15) is 4.79 Å². The highest BCUT2D eigenvalue weighted by molar-refractivity contribution is 6.31. The Hall–Kier alpha value is -2.54. The van der Waals surface area contributed by atoms with Gasteiger partial charge in [-0.2, -0.15) is 4.98 Å². The first-order valence-electron chi connectivity index (χ1n) is 10.0. The topological polar surface area (TPSA) is 84.6 Å². The van der Waals surface area contributed by atoms with Crippen LogP contribution < -0.4 is 10.6 Å².